The van der Waals surface area contributed by atoms with E-state index in [-0.39, 0.29) is 18.3 Å². The summed E-state index contributed by atoms with van der Waals surface area (Å²) in [6.45, 7) is 2.71. The van der Waals surface area contributed by atoms with Gasteiger partial charge in [-0.3, -0.25) is 9.48 Å². The van der Waals surface area contributed by atoms with Crippen LogP contribution in [0.5, 0.6) is 5.75 Å². The van der Waals surface area contributed by atoms with E-state index in [1.165, 1.54) is 10.8 Å². The second-order valence-electron chi connectivity index (χ2n) is 7.96. The van der Waals surface area contributed by atoms with Gasteiger partial charge in [0.15, 0.2) is 11.6 Å². The molecule has 5 rings (SSSR count). The molecule has 0 unspecified atom stereocenters. The number of ether oxygens (including phenoxy) is 1. The normalized spacial score (nSPS) is 11.0. The van der Waals surface area contributed by atoms with Crippen LogP contribution in [-0.4, -0.2) is 15.7 Å². The van der Waals surface area contributed by atoms with Crippen molar-refractivity contribution in [1.82, 2.24) is 9.78 Å². The van der Waals surface area contributed by atoms with Crippen LogP contribution in [0.2, 0.25) is 5.02 Å². The predicted octanol–water partition coefficient (Wildman–Crippen LogP) is 6.47. The van der Waals surface area contributed by atoms with Crippen molar-refractivity contribution in [1.29, 1.82) is 0 Å². The summed E-state index contributed by atoms with van der Waals surface area (Å²) in [5, 5.41) is 10.3. The highest BCUT2D eigenvalue weighted by atomic mass is 35.5. The highest BCUT2D eigenvalue weighted by molar-refractivity contribution is 6.31. The number of amides is 1. The van der Waals surface area contributed by atoms with E-state index in [0.29, 0.717) is 28.9 Å². The third-order valence-electron chi connectivity index (χ3n) is 5.49. The Labute approximate surface area is 201 Å². The molecule has 0 fully saturated rings. The fourth-order valence-electron chi connectivity index (χ4n) is 3.74. The third kappa shape index (κ3) is 4.82. The zero-order valence-electron chi connectivity index (χ0n) is 18.5. The lowest BCUT2D eigenvalue weighted by Crippen LogP contribution is -2.12. The number of carbonyl (C=O) groups is 1. The summed E-state index contributed by atoms with van der Waals surface area (Å²) in [4.78, 5) is 12.6. The molecule has 0 saturated heterocycles. The molecule has 2 aromatic heterocycles. The van der Waals surface area contributed by atoms with Gasteiger partial charge in [0.25, 0.3) is 5.91 Å². The van der Waals surface area contributed by atoms with Crippen LogP contribution in [0.3, 0.4) is 0 Å². The largest absolute Gasteiger partial charge is 0.486 e. The Morgan fingerprint density at radius 3 is 2.79 bits per heavy atom. The van der Waals surface area contributed by atoms with Crippen molar-refractivity contribution in [3.05, 3.63) is 113 Å². The molecular formula is C27H22ClN3O3. The van der Waals surface area contributed by atoms with E-state index in [0.717, 1.165) is 11.1 Å². The Morgan fingerprint density at radius 1 is 1.06 bits per heavy atom. The molecule has 7 heteroatoms. The molecule has 0 spiro atoms. The number of aryl methyl sites for hydroxylation is 1. The number of hydrogen-bond donors (Lipinski definition) is 1. The summed E-state index contributed by atoms with van der Waals surface area (Å²) in [7, 11) is 0. The van der Waals surface area contributed by atoms with Crippen molar-refractivity contribution in [2.24, 2.45) is 0 Å². The minimum atomic E-state index is -0.371. The van der Waals surface area contributed by atoms with Crippen LogP contribution < -0.4 is 10.1 Å². The van der Waals surface area contributed by atoms with Gasteiger partial charge < -0.3 is 14.5 Å². The Morgan fingerprint density at radius 2 is 1.91 bits per heavy atom. The van der Waals surface area contributed by atoms with Crippen molar-refractivity contribution in [3.63, 3.8) is 0 Å². The Hall–Kier alpha value is -4.03. The summed E-state index contributed by atoms with van der Waals surface area (Å²) < 4.78 is 13.2. The van der Waals surface area contributed by atoms with E-state index in [1.807, 2.05) is 37.4 Å². The summed E-state index contributed by atoms with van der Waals surface area (Å²) in [6, 6.07) is 25.0. The first kappa shape index (κ1) is 21.8. The molecule has 0 saturated carbocycles. The van der Waals surface area contributed by atoms with Crippen LogP contribution in [0.25, 0.3) is 10.8 Å². The highest BCUT2D eigenvalue weighted by Gasteiger charge is 2.14. The molecule has 5 aromatic rings. The average molecular weight is 472 g/mol. The zero-order chi connectivity index (χ0) is 23.5. The number of nitrogens with zero attached hydrogens (tertiary/aromatic N) is 2. The van der Waals surface area contributed by atoms with Gasteiger partial charge >= 0.3 is 0 Å². The maximum absolute atomic E-state index is 12.6. The van der Waals surface area contributed by atoms with Crippen LogP contribution in [0, 0.1) is 6.92 Å². The lowest BCUT2D eigenvalue weighted by molar-refractivity contribution is 0.0992. The quantitative estimate of drug-likeness (QED) is 0.295. The van der Waals surface area contributed by atoms with Gasteiger partial charge in [-0.15, -0.1) is 0 Å². The number of halogens is 1. The van der Waals surface area contributed by atoms with Gasteiger partial charge in [0.1, 0.15) is 18.1 Å². The molecule has 34 heavy (non-hydrogen) atoms. The van der Waals surface area contributed by atoms with E-state index < -0.39 is 0 Å². The van der Waals surface area contributed by atoms with E-state index in [2.05, 4.69) is 34.7 Å². The Bertz CT molecular complexity index is 1470. The van der Waals surface area contributed by atoms with Gasteiger partial charge in [0, 0.05) is 17.3 Å². The van der Waals surface area contributed by atoms with Crippen molar-refractivity contribution in [3.8, 4) is 5.75 Å². The number of rotatable bonds is 7. The van der Waals surface area contributed by atoms with Crippen LogP contribution in [-0.2, 0) is 13.2 Å². The highest BCUT2D eigenvalue weighted by Crippen LogP contribution is 2.23. The van der Waals surface area contributed by atoms with Crippen LogP contribution >= 0.6 is 11.6 Å². The SMILES string of the molecule is Cc1cc(OCc2ccc(C(=O)Nc3ccn(Cc4cccc5ccccc45)n3)o2)ccc1Cl. The van der Waals surface area contributed by atoms with Gasteiger partial charge in [0.2, 0.25) is 0 Å². The minimum Gasteiger partial charge on any atom is -0.486 e. The smallest absolute Gasteiger partial charge is 0.292 e. The maximum Gasteiger partial charge on any atom is 0.292 e. The van der Waals surface area contributed by atoms with Crippen molar-refractivity contribution < 1.29 is 13.9 Å². The molecule has 0 aliphatic carbocycles. The summed E-state index contributed by atoms with van der Waals surface area (Å²) in [6.07, 6.45) is 1.84. The number of benzene rings is 3. The van der Waals surface area contributed by atoms with Crippen LogP contribution in [0.1, 0.15) is 27.4 Å². The first-order valence-electron chi connectivity index (χ1n) is 10.8. The number of hydrogen-bond acceptors (Lipinski definition) is 4. The van der Waals surface area contributed by atoms with E-state index in [1.54, 1.807) is 35.0 Å². The number of anilines is 1. The van der Waals surface area contributed by atoms with E-state index in [4.69, 9.17) is 20.8 Å². The molecule has 0 aliphatic rings. The molecular weight excluding hydrogens is 450 g/mol. The molecule has 2 heterocycles. The van der Waals surface area contributed by atoms with E-state index in [9.17, 15) is 4.79 Å². The second kappa shape index (κ2) is 9.45. The van der Waals surface area contributed by atoms with Crippen molar-refractivity contribution in [2.45, 2.75) is 20.1 Å². The molecule has 0 radical (unpaired) electrons. The second-order valence-corrected chi connectivity index (χ2v) is 8.36. The molecule has 1 amide bonds. The Balaban J connectivity index is 1.21. The summed E-state index contributed by atoms with van der Waals surface area (Å²) >= 11 is 6.04. The van der Waals surface area contributed by atoms with Crippen LogP contribution in [0.15, 0.2) is 89.5 Å². The molecule has 1 N–H and O–H groups in total. The van der Waals surface area contributed by atoms with E-state index >= 15 is 0 Å². The van der Waals surface area contributed by atoms with Crippen molar-refractivity contribution >= 4 is 34.1 Å². The fraction of sp³-hybridized carbons (Fsp3) is 0.111. The lowest BCUT2D eigenvalue weighted by atomic mass is 10.0. The number of carbonyl (C=O) groups excluding carboxylic acids is 1. The molecule has 0 aliphatic heterocycles. The van der Waals surface area contributed by atoms with Gasteiger partial charge in [-0.25, -0.2) is 0 Å². The maximum atomic E-state index is 12.6. The molecule has 0 bridgehead atoms. The summed E-state index contributed by atoms with van der Waals surface area (Å²) in [5.41, 5.74) is 2.09. The first-order chi connectivity index (χ1) is 16.5. The third-order valence-corrected chi connectivity index (χ3v) is 5.91. The molecule has 6 nitrogen and oxygen atoms in total. The predicted molar refractivity (Wildman–Crippen MR) is 132 cm³/mol. The average Bonchev–Trinajstić information content (AvgIpc) is 3.50. The molecule has 3 aromatic carbocycles. The standard InChI is InChI=1S/C27H22ClN3O3/c1-18-15-21(9-11-24(18)28)33-17-22-10-12-25(34-22)27(32)29-26-13-14-31(30-26)16-20-7-4-6-19-5-2-3-8-23(19)20/h2-15H,16-17H2,1H3,(H,29,30,32). The first-order valence-corrected chi connectivity index (χ1v) is 11.2. The van der Waals surface area contributed by atoms with Gasteiger partial charge in [-0.1, -0.05) is 54.1 Å². The fourth-order valence-corrected chi connectivity index (χ4v) is 3.86. The van der Waals surface area contributed by atoms with Crippen LogP contribution in [0.4, 0.5) is 5.82 Å². The lowest BCUT2D eigenvalue weighted by Gasteiger charge is -2.07. The van der Waals surface area contributed by atoms with Gasteiger partial charge in [0.05, 0.1) is 6.54 Å². The van der Waals surface area contributed by atoms with Gasteiger partial charge in [-0.05, 0) is 59.2 Å². The number of furan rings is 1. The number of aromatic nitrogens is 2. The minimum absolute atomic E-state index is 0.189. The number of fused-ring (bicyclic) bond motifs is 1. The molecule has 0 atom stereocenters. The number of nitrogens with one attached hydrogen (secondary N) is 1. The van der Waals surface area contributed by atoms with Gasteiger partial charge in [-0.2, -0.15) is 5.10 Å². The Kier molecular flexibility index (Phi) is 6.06. The molecule has 170 valence electrons. The van der Waals surface area contributed by atoms with Crippen molar-refractivity contribution in [2.75, 3.05) is 5.32 Å². The topological polar surface area (TPSA) is 69.3 Å². The monoisotopic (exact) mass is 471 g/mol. The zero-order valence-corrected chi connectivity index (χ0v) is 19.3. The summed E-state index contributed by atoms with van der Waals surface area (Å²) in [5.74, 6) is 1.50.